The summed E-state index contributed by atoms with van der Waals surface area (Å²) in [5.41, 5.74) is -0.742. The van der Waals surface area contributed by atoms with E-state index in [2.05, 4.69) is 10.6 Å². The van der Waals surface area contributed by atoms with Crippen LogP contribution in [0.2, 0.25) is 0 Å². The summed E-state index contributed by atoms with van der Waals surface area (Å²) in [6.45, 7) is 0.824. The van der Waals surface area contributed by atoms with E-state index < -0.39 is 23.1 Å². The van der Waals surface area contributed by atoms with Crippen molar-refractivity contribution in [1.82, 2.24) is 5.32 Å². The molecule has 6 heteroatoms. The zero-order chi connectivity index (χ0) is 12.5. The van der Waals surface area contributed by atoms with Gasteiger partial charge in [0, 0.05) is 13.1 Å². The molecule has 0 atom stereocenters. The molecule has 17 heavy (non-hydrogen) atoms. The van der Waals surface area contributed by atoms with Crippen molar-refractivity contribution in [1.29, 1.82) is 0 Å². The standard InChI is InChI=1S/C11H12F2N2O2/c12-7-1-2-8(13)9(3-7)15-11(4-10(16)17)5-14-6-11/h1-3,14-15H,4-6H2,(H,16,17). The van der Waals surface area contributed by atoms with Gasteiger partial charge in [-0.25, -0.2) is 8.78 Å². The number of hydrogen-bond acceptors (Lipinski definition) is 3. The van der Waals surface area contributed by atoms with E-state index >= 15 is 0 Å². The molecule has 1 aliphatic heterocycles. The zero-order valence-electron chi connectivity index (χ0n) is 8.96. The number of benzene rings is 1. The number of anilines is 1. The molecule has 0 radical (unpaired) electrons. The Morgan fingerprint density at radius 2 is 2.18 bits per heavy atom. The highest BCUT2D eigenvalue weighted by molar-refractivity contribution is 5.70. The molecule has 0 unspecified atom stereocenters. The fourth-order valence-corrected chi connectivity index (χ4v) is 1.85. The minimum absolute atomic E-state index is 0.00671. The highest BCUT2D eigenvalue weighted by Crippen LogP contribution is 2.25. The van der Waals surface area contributed by atoms with E-state index in [1.165, 1.54) is 0 Å². The number of carbonyl (C=O) groups is 1. The SMILES string of the molecule is O=C(O)CC1(Nc2cc(F)ccc2F)CNC1. The molecule has 0 saturated carbocycles. The third-order valence-electron chi connectivity index (χ3n) is 2.74. The van der Waals surface area contributed by atoms with Gasteiger partial charge >= 0.3 is 5.97 Å². The van der Waals surface area contributed by atoms with E-state index in [0.29, 0.717) is 13.1 Å². The molecule has 1 fully saturated rings. The minimum atomic E-state index is -0.976. The summed E-state index contributed by atoms with van der Waals surface area (Å²) >= 11 is 0. The third kappa shape index (κ3) is 2.52. The van der Waals surface area contributed by atoms with Gasteiger partial charge < -0.3 is 15.7 Å². The summed E-state index contributed by atoms with van der Waals surface area (Å²) in [7, 11) is 0. The van der Waals surface area contributed by atoms with Crippen molar-refractivity contribution >= 4 is 11.7 Å². The number of hydrogen-bond donors (Lipinski definition) is 3. The fourth-order valence-electron chi connectivity index (χ4n) is 1.85. The molecule has 3 N–H and O–H groups in total. The first-order valence-corrected chi connectivity index (χ1v) is 5.17. The van der Waals surface area contributed by atoms with Crippen LogP contribution in [0.1, 0.15) is 6.42 Å². The Hall–Kier alpha value is -1.69. The second-order valence-electron chi connectivity index (χ2n) is 4.20. The van der Waals surface area contributed by atoms with Crippen LogP contribution in [-0.2, 0) is 4.79 Å². The van der Waals surface area contributed by atoms with E-state index in [1.54, 1.807) is 0 Å². The monoisotopic (exact) mass is 242 g/mol. The average molecular weight is 242 g/mol. The Morgan fingerprint density at radius 1 is 1.47 bits per heavy atom. The zero-order valence-corrected chi connectivity index (χ0v) is 8.96. The van der Waals surface area contributed by atoms with Crippen molar-refractivity contribution in [3.8, 4) is 0 Å². The Balaban J connectivity index is 2.18. The first-order valence-electron chi connectivity index (χ1n) is 5.17. The van der Waals surface area contributed by atoms with Crippen LogP contribution in [0.15, 0.2) is 18.2 Å². The van der Waals surface area contributed by atoms with Crippen LogP contribution in [0.4, 0.5) is 14.5 Å². The summed E-state index contributed by atoms with van der Waals surface area (Å²) in [5, 5.41) is 14.5. The van der Waals surface area contributed by atoms with E-state index in [0.717, 1.165) is 18.2 Å². The summed E-state index contributed by atoms with van der Waals surface area (Å²) in [4.78, 5) is 10.7. The van der Waals surface area contributed by atoms with Crippen LogP contribution >= 0.6 is 0 Å². The van der Waals surface area contributed by atoms with Gasteiger partial charge in [0.25, 0.3) is 0 Å². The summed E-state index contributed by atoms with van der Waals surface area (Å²) in [6, 6.07) is 3.05. The quantitative estimate of drug-likeness (QED) is 0.742. The smallest absolute Gasteiger partial charge is 0.305 e. The molecule has 1 aromatic carbocycles. The molecule has 1 aliphatic rings. The van der Waals surface area contributed by atoms with Crippen molar-refractivity contribution < 1.29 is 18.7 Å². The van der Waals surface area contributed by atoms with Crippen molar-refractivity contribution in [3.05, 3.63) is 29.8 Å². The molecule has 0 amide bonds. The Morgan fingerprint density at radius 3 is 2.71 bits per heavy atom. The maximum atomic E-state index is 13.4. The minimum Gasteiger partial charge on any atom is -0.481 e. The fraction of sp³-hybridized carbons (Fsp3) is 0.364. The van der Waals surface area contributed by atoms with Gasteiger partial charge in [0.1, 0.15) is 11.6 Å². The lowest BCUT2D eigenvalue weighted by Gasteiger charge is -2.43. The van der Waals surface area contributed by atoms with Gasteiger partial charge in [-0.05, 0) is 18.2 Å². The molecular weight excluding hydrogens is 230 g/mol. The average Bonchev–Trinajstić information content (AvgIpc) is 2.19. The molecule has 0 aromatic heterocycles. The van der Waals surface area contributed by atoms with Gasteiger partial charge in [0.2, 0.25) is 0 Å². The predicted molar refractivity (Wildman–Crippen MR) is 57.8 cm³/mol. The van der Waals surface area contributed by atoms with E-state index in [-0.39, 0.29) is 12.1 Å². The first-order chi connectivity index (χ1) is 8.01. The van der Waals surface area contributed by atoms with Gasteiger partial charge in [0.05, 0.1) is 17.6 Å². The van der Waals surface area contributed by atoms with Crippen LogP contribution in [0.3, 0.4) is 0 Å². The van der Waals surface area contributed by atoms with Crippen LogP contribution in [0.5, 0.6) is 0 Å². The molecule has 1 heterocycles. The van der Waals surface area contributed by atoms with E-state index in [9.17, 15) is 13.6 Å². The van der Waals surface area contributed by atoms with Crippen molar-refractivity contribution in [2.45, 2.75) is 12.0 Å². The topological polar surface area (TPSA) is 61.4 Å². The normalized spacial score (nSPS) is 17.3. The van der Waals surface area contributed by atoms with Crippen molar-refractivity contribution in [2.75, 3.05) is 18.4 Å². The van der Waals surface area contributed by atoms with Gasteiger partial charge in [-0.2, -0.15) is 0 Å². The summed E-state index contributed by atoms with van der Waals surface area (Å²) in [6.07, 6.45) is -0.143. The predicted octanol–water partition coefficient (Wildman–Crippen LogP) is 1.19. The van der Waals surface area contributed by atoms with E-state index in [4.69, 9.17) is 5.11 Å². The molecule has 92 valence electrons. The number of carboxylic acid groups (broad SMARTS) is 1. The highest BCUT2D eigenvalue weighted by Gasteiger charge is 2.39. The second-order valence-corrected chi connectivity index (χ2v) is 4.20. The van der Waals surface area contributed by atoms with Crippen LogP contribution < -0.4 is 10.6 Å². The molecule has 4 nitrogen and oxygen atoms in total. The van der Waals surface area contributed by atoms with Crippen LogP contribution in [-0.4, -0.2) is 29.7 Å². The molecule has 1 saturated heterocycles. The number of rotatable bonds is 4. The number of carboxylic acids is 1. The second kappa shape index (κ2) is 4.29. The van der Waals surface area contributed by atoms with E-state index in [1.807, 2.05) is 0 Å². The lowest BCUT2D eigenvalue weighted by Crippen LogP contribution is -2.65. The molecule has 0 aliphatic carbocycles. The molecule has 0 spiro atoms. The number of nitrogens with one attached hydrogen (secondary N) is 2. The Kier molecular flexibility index (Phi) is 2.97. The van der Waals surface area contributed by atoms with Crippen molar-refractivity contribution in [3.63, 3.8) is 0 Å². The van der Waals surface area contributed by atoms with Gasteiger partial charge in [-0.15, -0.1) is 0 Å². The molecule has 0 bridgehead atoms. The molecular formula is C11H12F2N2O2. The molecule has 1 aromatic rings. The van der Waals surface area contributed by atoms with Gasteiger partial charge in [0.15, 0.2) is 0 Å². The van der Waals surface area contributed by atoms with Crippen LogP contribution in [0.25, 0.3) is 0 Å². The summed E-state index contributed by atoms with van der Waals surface area (Å²) in [5.74, 6) is -2.13. The maximum Gasteiger partial charge on any atom is 0.305 e. The largest absolute Gasteiger partial charge is 0.481 e. The molecule has 2 rings (SSSR count). The summed E-state index contributed by atoms with van der Waals surface area (Å²) < 4.78 is 26.4. The van der Waals surface area contributed by atoms with Gasteiger partial charge in [-0.3, -0.25) is 4.79 Å². The van der Waals surface area contributed by atoms with Crippen LogP contribution in [0, 0.1) is 11.6 Å². The highest BCUT2D eigenvalue weighted by atomic mass is 19.1. The number of aliphatic carboxylic acids is 1. The maximum absolute atomic E-state index is 13.4. The van der Waals surface area contributed by atoms with Crippen molar-refractivity contribution in [2.24, 2.45) is 0 Å². The number of halogens is 2. The lowest BCUT2D eigenvalue weighted by atomic mass is 9.88. The Bertz CT molecular complexity index is 447. The third-order valence-corrected chi connectivity index (χ3v) is 2.74. The Labute approximate surface area is 96.6 Å². The lowest BCUT2D eigenvalue weighted by molar-refractivity contribution is -0.138. The first kappa shape index (κ1) is 11.8. The van der Waals surface area contributed by atoms with Gasteiger partial charge in [-0.1, -0.05) is 0 Å².